The molecule has 8 aromatic carbocycles. The predicted octanol–water partition coefficient (Wildman–Crippen LogP) is 13.7. The maximum atomic E-state index is 6.65. The maximum Gasteiger partial charge on any atom is 0.144 e. The fraction of sp³-hybridized carbons (Fsp3) is 0. The van der Waals surface area contributed by atoms with E-state index in [2.05, 4.69) is 163 Å². The van der Waals surface area contributed by atoms with Crippen LogP contribution < -0.4 is 0 Å². The van der Waals surface area contributed by atoms with Gasteiger partial charge in [-0.2, -0.15) is 0 Å². The second-order valence-electron chi connectivity index (χ2n) is 13.7. The lowest BCUT2D eigenvalue weighted by molar-refractivity contribution is 0.673. The molecular formula is C50H30N2O. The number of pyridine rings is 2. The van der Waals surface area contributed by atoms with E-state index in [4.69, 9.17) is 9.40 Å². The second-order valence-corrected chi connectivity index (χ2v) is 13.7. The molecule has 0 amide bonds. The van der Waals surface area contributed by atoms with E-state index in [0.717, 1.165) is 71.6 Å². The largest absolute Gasteiger partial charge is 0.455 e. The minimum absolute atomic E-state index is 0.891. The molecule has 0 unspecified atom stereocenters. The van der Waals surface area contributed by atoms with Crippen molar-refractivity contribution in [2.75, 3.05) is 0 Å². The Hall–Kier alpha value is -7.10. The Morgan fingerprint density at radius 3 is 1.64 bits per heavy atom. The first-order valence-electron chi connectivity index (χ1n) is 18.0. The molecule has 246 valence electrons. The number of fused-ring (bicyclic) bond motifs is 9. The molecule has 0 spiro atoms. The molecule has 0 atom stereocenters. The van der Waals surface area contributed by atoms with Gasteiger partial charge < -0.3 is 4.42 Å². The van der Waals surface area contributed by atoms with Crippen LogP contribution in [-0.4, -0.2) is 9.97 Å². The van der Waals surface area contributed by atoms with Gasteiger partial charge in [0.1, 0.15) is 11.2 Å². The number of nitrogens with zero attached hydrogens (tertiary/aromatic N) is 2. The molecule has 11 aromatic rings. The van der Waals surface area contributed by atoms with Crippen molar-refractivity contribution in [3.05, 3.63) is 182 Å². The molecule has 3 heteroatoms. The molecule has 0 aliphatic rings. The van der Waals surface area contributed by atoms with Gasteiger partial charge in [0.25, 0.3) is 0 Å². The van der Waals surface area contributed by atoms with E-state index >= 15 is 0 Å². The SMILES string of the molecule is c1ccc(-c2nc3cc(-c4c5ccccc5c(-c5ccc(-c6cccnc6)cc5)c5ccccc45)ccc3c3c2ccc2c4ccccc4oc23)cc1. The first-order chi connectivity index (χ1) is 26.3. The molecule has 0 radical (unpaired) electrons. The topological polar surface area (TPSA) is 38.9 Å². The van der Waals surface area contributed by atoms with Crippen molar-refractivity contribution >= 4 is 65.2 Å². The highest BCUT2D eigenvalue weighted by atomic mass is 16.3. The standard InChI is InChI=1S/C50H30N2O/c1-2-11-33(12-3-1)49-43-27-26-41-36-14-8-9-19-45(36)53-50(41)48(43)42-25-24-34(29-44(42)52-49)47-39-17-6-4-15-37(39)46(38-16-5-7-18-40(38)47)32-22-20-31(21-23-32)35-13-10-28-51-30-35/h1-30H. The first kappa shape index (κ1) is 29.6. The Morgan fingerprint density at radius 1 is 0.377 bits per heavy atom. The molecule has 3 aromatic heterocycles. The van der Waals surface area contributed by atoms with Gasteiger partial charge in [-0.25, -0.2) is 4.98 Å². The van der Waals surface area contributed by atoms with Crippen molar-refractivity contribution in [2.45, 2.75) is 0 Å². The van der Waals surface area contributed by atoms with Gasteiger partial charge >= 0.3 is 0 Å². The summed E-state index contributed by atoms with van der Waals surface area (Å²) in [5, 5.41) is 10.3. The van der Waals surface area contributed by atoms with Gasteiger partial charge in [0.15, 0.2) is 0 Å². The van der Waals surface area contributed by atoms with Gasteiger partial charge in [0.05, 0.1) is 11.2 Å². The number of hydrogen-bond acceptors (Lipinski definition) is 3. The first-order valence-corrected chi connectivity index (χ1v) is 18.0. The summed E-state index contributed by atoms with van der Waals surface area (Å²) in [5.74, 6) is 0. The Bertz CT molecular complexity index is 3140. The molecule has 0 saturated carbocycles. The molecule has 0 aliphatic carbocycles. The minimum atomic E-state index is 0.891. The zero-order chi connectivity index (χ0) is 34.9. The van der Waals surface area contributed by atoms with Gasteiger partial charge in [0, 0.05) is 44.9 Å². The van der Waals surface area contributed by atoms with Gasteiger partial charge in [0.2, 0.25) is 0 Å². The Balaban J connectivity index is 1.18. The number of hydrogen-bond donors (Lipinski definition) is 0. The summed E-state index contributed by atoms with van der Waals surface area (Å²) in [4.78, 5) is 9.76. The quantitative estimate of drug-likeness (QED) is 0.138. The molecule has 0 bridgehead atoms. The van der Waals surface area contributed by atoms with Gasteiger partial charge in [-0.05, 0) is 79.2 Å². The van der Waals surface area contributed by atoms with Crippen molar-refractivity contribution in [1.29, 1.82) is 0 Å². The number of benzene rings is 8. The van der Waals surface area contributed by atoms with Crippen molar-refractivity contribution in [1.82, 2.24) is 9.97 Å². The van der Waals surface area contributed by atoms with E-state index in [1.165, 1.54) is 38.2 Å². The van der Waals surface area contributed by atoms with E-state index < -0.39 is 0 Å². The molecule has 0 aliphatic heterocycles. The van der Waals surface area contributed by atoms with Crippen LogP contribution in [0.2, 0.25) is 0 Å². The summed E-state index contributed by atoms with van der Waals surface area (Å²) < 4.78 is 6.65. The third kappa shape index (κ3) is 4.61. The van der Waals surface area contributed by atoms with Crippen LogP contribution >= 0.6 is 0 Å². The van der Waals surface area contributed by atoms with Crippen LogP contribution in [0.1, 0.15) is 0 Å². The molecule has 3 heterocycles. The van der Waals surface area contributed by atoms with Crippen molar-refractivity contribution in [2.24, 2.45) is 0 Å². The average molecular weight is 675 g/mol. The fourth-order valence-corrected chi connectivity index (χ4v) is 8.35. The molecule has 0 fully saturated rings. The van der Waals surface area contributed by atoms with Crippen LogP contribution in [-0.2, 0) is 0 Å². The Kier molecular flexibility index (Phi) is 6.55. The molecule has 53 heavy (non-hydrogen) atoms. The molecule has 11 rings (SSSR count). The summed E-state index contributed by atoms with van der Waals surface area (Å²) >= 11 is 0. The van der Waals surface area contributed by atoms with Crippen molar-refractivity contribution < 1.29 is 4.42 Å². The van der Waals surface area contributed by atoms with Crippen LogP contribution in [0.4, 0.5) is 0 Å². The summed E-state index contributed by atoms with van der Waals surface area (Å²) in [5.41, 5.74) is 11.8. The smallest absolute Gasteiger partial charge is 0.144 e. The summed E-state index contributed by atoms with van der Waals surface area (Å²) in [6.07, 6.45) is 3.73. The fourth-order valence-electron chi connectivity index (χ4n) is 8.35. The molecular weight excluding hydrogens is 645 g/mol. The molecule has 3 nitrogen and oxygen atoms in total. The van der Waals surface area contributed by atoms with E-state index in [1.807, 2.05) is 24.5 Å². The third-order valence-corrected chi connectivity index (χ3v) is 10.7. The Morgan fingerprint density at radius 2 is 0.943 bits per heavy atom. The van der Waals surface area contributed by atoms with Crippen LogP contribution in [0.3, 0.4) is 0 Å². The van der Waals surface area contributed by atoms with Crippen molar-refractivity contribution in [3.63, 3.8) is 0 Å². The maximum absolute atomic E-state index is 6.65. The minimum Gasteiger partial charge on any atom is -0.455 e. The average Bonchev–Trinajstić information content (AvgIpc) is 3.62. The number of rotatable bonds is 4. The van der Waals surface area contributed by atoms with Crippen LogP contribution in [0.5, 0.6) is 0 Å². The van der Waals surface area contributed by atoms with E-state index in [0.29, 0.717) is 0 Å². The number of para-hydroxylation sites is 1. The zero-order valence-corrected chi connectivity index (χ0v) is 28.6. The van der Waals surface area contributed by atoms with Gasteiger partial charge in [-0.3, -0.25) is 4.98 Å². The predicted molar refractivity (Wildman–Crippen MR) is 221 cm³/mol. The molecule has 0 saturated heterocycles. The molecule has 0 N–H and O–H groups in total. The zero-order valence-electron chi connectivity index (χ0n) is 28.6. The highest BCUT2D eigenvalue weighted by Gasteiger charge is 2.20. The van der Waals surface area contributed by atoms with E-state index in [-0.39, 0.29) is 0 Å². The lowest BCUT2D eigenvalue weighted by Crippen LogP contribution is -1.93. The highest BCUT2D eigenvalue weighted by molar-refractivity contribution is 6.26. The van der Waals surface area contributed by atoms with Crippen LogP contribution in [0.15, 0.2) is 187 Å². The summed E-state index contributed by atoms with van der Waals surface area (Å²) in [6.45, 7) is 0. The third-order valence-electron chi connectivity index (χ3n) is 10.7. The van der Waals surface area contributed by atoms with Crippen LogP contribution in [0, 0.1) is 0 Å². The van der Waals surface area contributed by atoms with E-state index in [1.54, 1.807) is 0 Å². The monoisotopic (exact) mass is 674 g/mol. The highest BCUT2D eigenvalue weighted by Crippen LogP contribution is 2.46. The van der Waals surface area contributed by atoms with Crippen LogP contribution in [0.25, 0.3) is 110 Å². The van der Waals surface area contributed by atoms with Gasteiger partial charge in [-0.15, -0.1) is 0 Å². The summed E-state index contributed by atoms with van der Waals surface area (Å²) in [7, 11) is 0. The Labute approximate surface area is 305 Å². The normalized spacial score (nSPS) is 11.8. The number of aromatic nitrogens is 2. The number of furan rings is 1. The second kappa shape index (κ2) is 11.7. The van der Waals surface area contributed by atoms with E-state index in [9.17, 15) is 0 Å². The lowest BCUT2D eigenvalue weighted by atomic mass is 9.85. The summed E-state index contributed by atoms with van der Waals surface area (Å²) in [6, 6.07) is 60.6. The van der Waals surface area contributed by atoms with Crippen molar-refractivity contribution in [3.8, 4) is 44.6 Å². The van der Waals surface area contributed by atoms with Gasteiger partial charge in [-0.1, -0.05) is 146 Å². The lowest BCUT2D eigenvalue weighted by Gasteiger charge is -2.18.